The van der Waals surface area contributed by atoms with Crippen molar-refractivity contribution >= 4 is 57.9 Å². The number of para-hydroxylation sites is 2. The molecule has 0 aliphatic carbocycles. The zero-order chi connectivity index (χ0) is 25.1. The summed E-state index contributed by atoms with van der Waals surface area (Å²) in [7, 11) is 1.61. The Hall–Kier alpha value is -3.69. The number of amides is 1. The molecule has 2 heterocycles. The topological polar surface area (TPSA) is 71.4 Å². The van der Waals surface area contributed by atoms with E-state index in [4.69, 9.17) is 9.47 Å². The average Bonchev–Trinajstić information content (AvgIpc) is 3.42. The zero-order valence-corrected chi connectivity index (χ0v) is 21.3. The number of esters is 1. The van der Waals surface area contributed by atoms with Crippen molar-refractivity contribution in [1.29, 1.82) is 0 Å². The summed E-state index contributed by atoms with van der Waals surface area (Å²) < 4.78 is 9.43. The maximum absolute atomic E-state index is 14.0. The Kier molecular flexibility index (Phi) is 6.75. The number of carbonyl (C=O) groups excluding carboxylic acids is 2. The van der Waals surface area contributed by atoms with Gasteiger partial charge in [0.15, 0.2) is 0 Å². The molecule has 1 amide bonds. The fourth-order valence-corrected chi connectivity index (χ4v) is 6.76. The van der Waals surface area contributed by atoms with E-state index in [1.807, 2.05) is 91.0 Å². The molecular weight excluding hydrogens is 494 g/mol. The minimum atomic E-state index is -1.10. The first-order valence-corrected chi connectivity index (χ1v) is 12.9. The van der Waals surface area contributed by atoms with E-state index >= 15 is 0 Å². The largest absolute Gasteiger partial charge is 0.497 e. The van der Waals surface area contributed by atoms with Crippen LogP contribution < -0.4 is 14.6 Å². The van der Waals surface area contributed by atoms with E-state index in [0.29, 0.717) is 10.6 Å². The second-order valence-corrected chi connectivity index (χ2v) is 10.4. The molecule has 1 fully saturated rings. The van der Waals surface area contributed by atoms with Crippen molar-refractivity contribution in [3.05, 3.63) is 95.4 Å². The number of methoxy groups -OCH3 is 1. The molecule has 2 aliphatic rings. The maximum Gasteiger partial charge on any atom is 0.365 e. The Bertz CT molecular complexity index is 1330. The van der Waals surface area contributed by atoms with E-state index in [9.17, 15) is 9.59 Å². The van der Waals surface area contributed by atoms with Crippen LogP contribution in [0, 0.1) is 0 Å². The number of nitrogens with zero attached hydrogens (tertiary/aromatic N) is 3. The number of rotatable bonds is 6. The van der Waals surface area contributed by atoms with Gasteiger partial charge in [-0.05, 0) is 66.7 Å². The lowest BCUT2D eigenvalue weighted by Gasteiger charge is -2.38. The molecule has 182 valence electrons. The molecule has 0 N–H and O–H groups in total. The molecule has 0 bridgehead atoms. The number of anilines is 2. The third-order valence-corrected chi connectivity index (χ3v) is 8.20. The molecule has 3 aromatic carbocycles. The number of thioether (sulfide) groups is 2. The van der Waals surface area contributed by atoms with Crippen LogP contribution in [-0.2, 0) is 14.3 Å². The molecule has 3 aromatic rings. The van der Waals surface area contributed by atoms with Crippen LogP contribution in [-0.4, -0.2) is 35.0 Å². The molecule has 0 saturated carbocycles. The second-order valence-electron chi connectivity index (χ2n) is 7.78. The SMILES string of the molecule is CCOC(=O)C1=NN(c2ccccc2)[C@]2(S1)S/C(=C\c1ccc(OC)cc1)C(=O)N2c1ccccc1. The van der Waals surface area contributed by atoms with E-state index < -0.39 is 10.3 Å². The van der Waals surface area contributed by atoms with Gasteiger partial charge in [-0.2, -0.15) is 5.10 Å². The summed E-state index contributed by atoms with van der Waals surface area (Å²) in [5.74, 6) is 0.0312. The van der Waals surface area contributed by atoms with Gasteiger partial charge in [0.2, 0.25) is 9.37 Å². The van der Waals surface area contributed by atoms with Crippen molar-refractivity contribution < 1.29 is 19.1 Å². The van der Waals surface area contributed by atoms with E-state index in [-0.39, 0.29) is 17.6 Å². The number of carbonyl (C=O) groups is 2. The Morgan fingerprint density at radius 1 is 0.944 bits per heavy atom. The van der Waals surface area contributed by atoms with Crippen LogP contribution in [0.3, 0.4) is 0 Å². The highest BCUT2D eigenvalue weighted by Gasteiger charge is 2.60. The molecule has 2 aliphatic heterocycles. The predicted octanol–water partition coefficient (Wildman–Crippen LogP) is 5.56. The highest BCUT2D eigenvalue weighted by molar-refractivity contribution is 8.29. The molecule has 7 nitrogen and oxygen atoms in total. The minimum Gasteiger partial charge on any atom is -0.497 e. The van der Waals surface area contributed by atoms with E-state index in [2.05, 4.69) is 5.10 Å². The van der Waals surface area contributed by atoms with Crippen molar-refractivity contribution in [2.75, 3.05) is 23.6 Å². The van der Waals surface area contributed by atoms with Crippen LogP contribution in [0.1, 0.15) is 12.5 Å². The van der Waals surface area contributed by atoms with Crippen LogP contribution in [0.4, 0.5) is 11.4 Å². The number of ether oxygens (including phenoxy) is 2. The number of hydrogen-bond donors (Lipinski definition) is 0. The molecule has 9 heteroatoms. The van der Waals surface area contributed by atoms with Crippen molar-refractivity contribution in [3.63, 3.8) is 0 Å². The summed E-state index contributed by atoms with van der Waals surface area (Å²) in [6, 6.07) is 26.4. The van der Waals surface area contributed by atoms with Gasteiger partial charge >= 0.3 is 5.97 Å². The summed E-state index contributed by atoms with van der Waals surface area (Å²) >= 11 is 2.56. The van der Waals surface area contributed by atoms with Crippen LogP contribution in [0.15, 0.2) is 94.9 Å². The normalized spacial score (nSPS) is 20.2. The molecule has 0 radical (unpaired) electrons. The van der Waals surface area contributed by atoms with Gasteiger partial charge < -0.3 is 9.47 Å². The lowest BCUT2D eigenvalue weighted by Crippen LogP contribution is -2.51. The van der Waals surface area contributed by atoms with Crippen molar-refractivity contribution in [2.24, 2.45) is 5.10 Å². The van der Waals surface area contributed by atoms with Gasteiger partial charge in [0.1, 0.15) is 5.75 Å². The van der Waals surface area contributed by atoms with Gasteiger partial charge in [0.05, 0.1) is 24.3 Å². The summed E-state index contributed by atoms with van der Waals surface area (Å²) in [5.41, 5.74) is 2.30. The molecule has 36 heavy (non-hydrogen) atoms. The molecule has 5 rings (SSSR count). The monoisotopic (exact) mass is 517 g/mol. The zero-order valence-electron chi connectivity index (χ0n) is 19.7. The fourth-order valence-electron chi connectivity index (χ4n) is 3.88. The fraction of sp³-hybridized carbons (Fsp3) is 0.148. The summed E-state index contributed by atoms with van der Waals surface area (Å²) in [4.78, 5) is 29.0. The lowest BCUT2D eigenvalue weighted by atomic mass is 10.2. The molecule has 0 unspecified atom stereocenters. The van der Waals surface area contributed by atoms with E-state index in [1.165, 1.54) is 23.5 Å². The third kappa shape index (κ3) is 4.36. The van der Waals surface area contributed by atoms with E-state index in [0.717, 1.165) is 17.0 Å². The molecule has 1 atom stereocenters. The van der Waals surface area contributed by atoms with Gasteiger partial charge in [-0.15, -0.1) is 0 Å². The number of benzene rings is 3. The Morgan fingerprint density at radius 2 is 1.58 bits per heavy atom. The lowest BCUT2D eigenvalue weighted by molar-refractivity contribution is -0.134. The Morgan fingerprint density at radius 3 is 2.19 bits per heavy atom. The van der Waals surface area contributed by atoms with Crippen LogP contribution >= 0.6 is 23.5 Å². The highest BCUT2D eigenvalue weighted by Crippen LogP contribution is 2.59. The van der Waals surface area contributed by atoms with Gasteiger partial charge in [0.25, 0.3) is 5.91 Å². The first kappa shape index (κ1) is 24.0. The maximum atomic E-state index is 14.0. The highest BCUT2D eigenvalue weighted by atomic mass is 32.2. The van der Waals surface area contributed by atoms with Crippen molar-refractivity contribution in [3.8, 4) is 5.75 Å². The Labute approximate surface area is 217 Å². The van der Waals surface area contributed by atoms with Gasteiger partial charge in [-0.3, -0.25) is 9.69 Å². The molecule has 0 aromatic heterocycles. The van der Waals surface area contributed by atoms with Gasteiger partial charge in [0, 0.05) is 5.69 Å². The standard InChI is InChI=1S/C27H23N3O4S2/c1-3-34-26(32)24-28-30(21-12-8-5-9-13-21)27(36-24)29(20-10-6-4-7-11-20)25(31)23(35-27)18-19-14-16-22(33-2)17-15-19/h4-18H,3H2,1-2H3/b23-18-/t27-/m0/s1. The van der Waals surface area contributed by atoms with Crippen LogP contribution in [0.25, 0.3) is 6.08 Å². The summed E-state index contributed by atoms with van der Waals surface area (Å²) in [6.45, 7) is 1.98. The third-order valence-electron chi connectivity index (χ3n) is 5.51. The van der Waals surface area contributed by atoms with Crippen molar-refractivity contribution in [2.45, 2.75) is 11.3 Å². The van der Waals surface area contributed by atoms with Crippen molar-refractivity contribution in [1.82, 2.24) is 0 Å². The van der Waals surface area contributed by atoms with Crippen LogP contribution in [0.2, 0.25) is 0 Å². The summed E-state index contributed by atoms with van der Waals surface area (Å²) in [6.07, 6.45) is 1.85. The van der Waals surface area contributed by atoms with Crippen LogP contribution in [0.5, 0.6) is 5.75 Å². The Balaban J connectivity index is 1.64. The molecular formula is C27H23N3O4S2. The minimum absolute atomic E-state index is 0.184. The quantitative estimate of drug-likeness (QED) is 0.313. The summed E-state index contributed by atoms with van der Waals surface area (Å²) in [5, 5.41) is 6.58. The average molecular weight is 518 g/mol. The first-order chi connectivity index (χ1) is 17.6. The van der Waals surface area contributed by atoms with E-state index in [1.54, 1.807) is 23.9 Å². The predicted molar refractivity (Wildman–Crippen MR) is 146 cm³/mol. The number of hydrazone groups is 1. The molecule has 1 saturated heterocycles. The van der Waals surface area contributed by atoms with Gasteiger partial charge in [-0.25, -0.2) is 9.80 Å². The second kappa shape index (κ2) is 10.1. The first-order valence-electron chi connectivity index (χ1n) is 11.3. The molecule has 1 spiro atoms. The smallest absolute Gasteiger partial charge is 0.365 e. The van der Waals surface area contributed by atoms with Gasteiger partial charge in [-0.1, -0.05) is 60.3 Å². The number of hydrogen-bond acceptors (Lipinski definition) is 8.